The maximum Gasteiger partial charge on any atom is 0.191 e. The molecule has 0 amide bonds. The quantitative estimate of drug-likeness (QED) is 0.426. The van der Waals surface area contributed by atoms with Crippen LogP contribution in [-0.2, 0) is 0 Å². The third kappa shape index (κ3) is 4.51. The Bertz CT molecular complexity index is 865. The van der Waals surface area contributed by atoms with Crippen molar-refractivity contribution in [3.63, 3.8) is 0 Å². The molecule has 3 rings (SSSR count). The highest BCUT2D eigenvalue weighted by atomic mass is 32.1. The molecule has 25 heavy (non-hydrogen) atoms. The van der Waals surface area contributed by atoms with Crippen LogP contribution < -0.4 is 10.7 Å². The summed E-state index contributed by atoms with van der Waals surface area (Å²) in [6.07, 6.45) is 5.44. The van der Waals surface area contributed by atoms with Crippen LogP contribution in [-0.4, -0.2) is 20.4 Å². The van der Waals surface area contributed by atoms with E-state index in [9.17, 15) is 0 Å². The van der Waals surface area contributed by atoms with Gasteiger partial charge in [-0.3, -0.25) is 5.43 Å². The lowest BCUT2D eigenvalue weighted by Crippen LogP contribution is -2.24. The van der Waals surface area contributed by atoms with Crippen LogP contribution in [0.15, 0.2) is 72.4 Å². The molecule has 0 unspecified atom stereocenters. The van der Waals surface area contributed by atoms with Crippen LogP contribution in [0.2, 0.25) is 0 Å². The summed E-state index contributed by atoms with van der Waals surface area (Å²) in [6, 6.07) is 16.1. The van der Waals surface area contributed by atoms with E-state index in [2.05, 4.69) is 20.8 Å². The maximum absolute atomic E-state index is 5.27. The maximum atomic E-state index is 5.27. The zero-order valence-corrected chi connectivity index (χ0v) is 14.9. The van der Waals surface area contributed by atoms with Crippen molar-refractivity contribution in [3.8, 4) is 5.69 Å². The Kier molecular flexibility index (Phi) is 5.20. The zero-order valence-electron chi connectivity index (χ0n) is 14.1. The van der Waals surface area contributed by atoms with E-state index in [-0.39, 0.29) is 0 Å². The smallest absolute Gasteiger partial charge is 0.191 e. The SMILES string of the molecule is C/C(=N/NC(=S)Nc1ccc(C)cc1)c1ccc(-n2ccnc2)cc1. The normalized spacial score (nSPS) is 11.2. The lowest BCUT2D eigenvalue weighted by Gasteiger charge is -2.09. The molecule has 2 aromatic carbocycles. The third-order valence-electron chi connectivity index (χ3n) is 3.72. The van der Waals surface area contributed by atoms with Crippen LogP contribution in [0.1, 0.15) is 18.1 Å². The number of thiocarbonyl (C=S) groups is 1. The van der Waals surface area contributed by atoms with Gasteiger partial charge in [-0.05, 0) is 55.9 Å². The minimum absolute atomic E-state index is 0.457. The molecular weight excluding hydrogens is 330 g/mol. The van der Waals surface area contributed by atoms with Gasteiger partial charge in [-0.25, -0.2) is 4.98 Å². The molecule has 0 aliphatic rings. The van der Waals surface area contributed by atoms with Gasteiger partial charge in [-0.15, -0.1) is 0 Å². The Morgan fingerprint density at radius 3 is 2.44 bits per heavy atom. The Balaban J connectivity index is 1.61. The highest BCUT2D eigenvalue weighted by molar-refractivity contribution is 7.80. The first-order valence-corrected chi connectivity index (χ1v) is 8.29. The minimum Gasteiger partial charge on any atom is -0.331 e. The van der Waals surface area contributed by atoms with Crippen LogP contribution in [0.5, 0.6) is 0 Å². The number of hydrogen-bond acceptors (Lipinski definition) is 3. The Labute approximate surface area is 152 Å². The second-order valence-electron chi connectivity index (χ2n) is 5.65. The first kappa shape index (κ1) is 16.9. The lowest BCUT2D eigenvalue weighted by molar-refractivity contribution is 1.04. The molecule has 2 N–H and O–H groups in total. The number of aromatic nitrogens is 2. The molecule has 0 saturated heterocycles. The molecule has 1 heterocycles. The fraction of sp³-hybridized carbons (Fsp3) is 0.105. The van der Waals surface area contributed by atoms with E-state index < -0.39 is 0 Å². The molecule has 0 aliphatic heterocycles. The number of imidazole rings is 1. The summed E-state index contributed by atoms with van der Waals surface area (Å²) in [7, 11) is 0. The van der Waals surface area contributed by atoms with E-state index in [1.807, 2.05) is 73.1 Å². The van der Waals surface area contributed by atoms with Gasteiger partial charge in [0, 0.05) is 23.8 Å². The summed E-state index contributed by atoms with van der Waals surface area (Å²) in [5, 5.41) is 7.91. The second-order valence-corrected chi connectivity index (χ2v) is 6.05. The molecule has 126 valence electrons. The molecule has 3 aromatic rings. The number of hydrogen-bond donors (Lipinski definition) is 2. The van der Waals surface area contributed by atoms with Crippen molar-refractivity contribution in [3.05, 3.63) is 78.4 Å². The summed E-state index contributed by atoms with van der Waals surface area (Å²) < 4.78 is 1.95. The van der Waals surface area contributed by atoms with Gasteiger partial charge in [0.15, 0.2) is 5.11 Å². The highest BCUT2D eigenvalue weighted by Crippen LogP contribution is 2.10. The molecule has 1 aromatic heterocycles. The topological polar surface area (TPSA) is 54.2 Å². The van der Waals surface area contributed by atoms with E-state index in [1.54, 1.807) is 12.5 Å². The van der Waals surface area contributed by atoms with Gasteiger partial charge in [0.2, 0.25) is 0 Å². The number of nitrogens with zero attached hydrogens (tertiary/aromatic N) is 3. The number of nitrogens with one attached hydrogen (secondary N) is 2. The van der Waals surface area contributed by atoms with Gasteiger partial charge in [-0.1, -0.05) is 29.8 Å². The zero-order chi connectivity index (χ0) is 17.6. The number of aryl methyl sites for hydroxylation is 1. The molecule has 0 atom stereocenters. The van der Waals surface area contributed by atoms with E-state index in [4.69, 9.17) is 12.2 Å². The number of rotatable bonds is 4. The van der Waals surface area contributed by atoms with Crippen LogP contribution >= 0.6 is 12.2 Å². The minimum atomic E-state index is 0.457. The Morgan fingerprint density at radius 1 is 1.08 bits per heavy atom. The summed E-state index contributed by atoms with van der Waals surface area (Å²) in [4.78, 5) is 4.05. The molecule has 0 fully saturated rings. The van der Waals surface area contributed by atoms with Gasteiger partial charge in [0.25, 0.3) is 0 Å². The molecule has 0 spiro atoms. The summed E-state index contributed by atoms with van der Waals surface area (Å²) >= 11 is 5.27. The van der Waals surface area contributed by atoms with Crippen LogP contribution in [0.4, 0.5) is 5.69 Å². The monoisotopic (exact) mass is 349 g/mol. The molecule has 0 saturated carbocycles. The van der Waals surface area contributed by atoms with Gasteiger partial charge >= 0.3 is 0 Å². The number of anilines is 1. The van der Waals surface area contributed by atoms with E-state index in [1.165, 1.54) is 5.56 Å². The largest absolute Gasteiger partial charge is 0.331 e. The van der Waals surface area contributed by atoms with Crippen molar-refractivity contribution in [2.75, 3.05) is 5.32 Å². The fourth-order valence-electron chi connectivity index (χ4n) is 2.28. The van der Waals surface area contributed by atoms with Gasteiger partial charge < -0.3 is 9.88 Å². The second kappa shape index (κ2) is 7.72. The van der Waals surface area contributed by atoms with E-state index in [0.29, 0.717) is 5.11 Å². The van der Waals surface area contributed by atoms with Crippen LogP contribution in [0.3, 0.4) is 0 Å². The summed E-state index contributed by atoms with van der Waals surface area (Å²) in [5.41, 5.74) is 7.95. The van der Waals surface area contributed by atoms with Crippen molar-refractivity contribution < 1.29 is 0 Å². The molecule has 0 radical (unpaired) electrons. The van der Waals surface area contributed by atoms with Gasteiger partial charge in [0.1, 0.15) is 0 Å². The molecular formula is C19H19N5S. The standard InChI is InChI=1S/C19H19N5S/c1-14-3-7-17(8-4-14)21-19(25)23-22-15(2)16-5-9-18(10-6-16)24-12-11-20-13-24/h3-13H,1-2H3,(H2,21,23,25)/b22-15-. The Hall–Kier alpha value is -2.99. The van der Waals surface area contributed by atoms with Crippen molar-refractivity contribution >= 4 is 28.7 Å². The fourth-order valence-corrected chi connectivity index (χ4v) is 2.45. The Morgan fingerprint density at radius 2 is 1.80 bits per heavy atom. The predicted molar refractivity (Wildman–Crippen MR) is 106 cm³/mol. The lowest BCUT2D eigenvalue weighted by atomic mass is 10.1. The molecule has 5 nitrogen and oxygen atoms in total. The highest BCUT2D eigenvalue weighted by Gasteiger charge is 2.01. The van der Waals surface area contributed by atoms with E-state index in [0.717, 1.165) is 22.6 Å². The van der Waals surface area contributed by atoms with Crippen LogP contribution in [0, 0.1) is 6.92 Å². The summed E-state index contributed by atoms with van der Waals surface area (Å²) in [6.45, 7) is 3.99. The van der Waals surface area contributed by atoms with E-state index >= 15 is 0 Å². The number of benzene rings is 2. The predicted octanol–water partition coefficient (Wildman–Crippen LogP) is 3.89. The average Bonchev–Trinajstić information content (AvgIpc) is 3.16. The van der Waals surface area contributed by atoms with Gasteiger partial charge in [0.05, 0.1) is 12.0 Å². The van der Waals surface area contributed by atoms with Crippen LogP contribution in [0.25, 0.3) is 5.69 Å². The average molecular weight is 349 g/mol. The number of hydrazone groups is 1. The van der Waals surface area contributed by atoms with Crippen molar-refractivity contribution in [1.82, 2.24) is 15.0 Å². The first-order valence-electron chi connectivity index (χ1n) is 7.88. The molecule has 0 bridgehead atoms. The first-order chi connectivity index (χ1) is 12.1. The van der Waals surface area contributed by atoms with Crippen molar-refractivity contribution in [1.29, 1.82) is 0 Å². The van der Waals surface area contributed by atoms with Crippen molar-refractivity contribution in [2.45, 2.75) is 13.8 Å². The third-order valence-corrected chi connectivity index (χ3v) is 3.92. The van der Waals surface area contributed by atoms with Crippen molar-refractivity contribution in [2.24, 2.45) is 5.10 Å². The van der Waals surface area contributed by atoms with Gasteiger partial charge in [-0.2, -0.15) is 5.10 Å². The summed E-state index contributed by atoms with van der Waals surface area (Å²) in [5.74, 6) is 0. The molecule has 6 heteroatoms. The molecule has 0 aliphatic carbocycles.